The number of nitrogens with one attached hydrogen (secondary N) is 1. The van der Waals surface area contributed by atoms with Crippen molar-refractivity contribution in [3.05, 3.63) is 33.5 Å². The van der Waals surface area contributed by atoms with Crippen molar-refractivity contribution in [1.29, 1.82) is 0 Å². The summed E-state index contributed by atoms with van der Waals surface area (Å²) >= 11 is 3.21. The molecule has 0 fully saturated rings. The van der Waals surface area contributed by atoms with Crippen LogP contribution in [0, 0.1) is 0 Å². The highest BCUT2D eigenvalue weighted by molar-refractivity contribution is 7.08. The van der Waals surface area contributed by atoms with E-state index in [2.05, 4.69) is 38.7 Å². The fraction of sp³-hybridized carbons (Fsp3) is 0.400. The SMILES string of the molecule is CCNC(Cc1ccsc1)c1cnns1. The molecule has 0 saturated heterocycles. The summed E-state index contributed by atoms with van der Waals surface area (Å²) in [6.07, 6.45) is 2.87. The number of nitrogens with zero attached hydrogens (tertiary/aromatic N) is 2. The van der Waals surface area contributed by atoms with Gasteiger partial charge >= 0.3 is 0 Å². The molecule has 0 amide bonds. The summed E-state index contributed by atoms with van der Waals surface area (Å²) < 4.78 is 3.91. The van der Waals surface area contributed by atoms with Gasteiger partial charge in [0.25, 0.3) is 0 Å². The van der Waals surface area contributed by atoms with E-state index in [0.717, 1.165) is 13.0 Å². The Hall–Kier alpha value is -0.780. The van der Waals surface area contributed by atoms with Crippen molar-refractivity contribution in [2.24, 2.45) is 0 Å². The van der Waals surface area contributed by atoms with E-state index >= 15 is 0 Å². The van der Waals surface area contributed by atoms with Gasteiger partial charge in [-0.15, -0.1) is 5.10 Å². The van der Waals surface area contributed by atoms with Gasteiger partial charge in [-0.05, 0) is 46.9 Å². The van der Waals surface area contributed by atoms with Gasteiger partial charge in [0.05, 0.1) is 11.1 Å². The summed E-state index contributed by atoms with van der Waals surface area (Å²) in [5, 5.41) is 11.7. The normalized spacial score (nSPS) is 12.9. The fourth-order valence-electron chi connectivity index (χ4n) is 1.49. The molecule has 3 nitrogen and oxygen atoms in total. The lowest BCUT2D eigenvalue weighted by Gasteiger charge is -2.14. The van der Waals surface area contributed by atoms with Crippen molar-refractivity contribution < 1.29 is 0 Å². The number of aromatic nitrogens is 2. The Balaban J connectivity index is 2.07. The van der Waals surface area contributed by atoms with Gasteiger partial charge in [-0.25, -0.2) is 0 Å². The molecule has 0 saturated carbocycles. The van der Waals surface area contributed by atoms with Crippen molar-refractivity contribution in [2.75, 3.05) is 6.54 Å². The van der Waals surface area contributed by atoms with E-state index in [0.29, 0.717) is 6.04 Å². The first-order valence-electron chi connectivity index (χ1n) is 4.92. The van der Waals surface area contributed by atoms with Gasteiger partial charge in [0.1, 0.15) is 0 Å². The third-order valence-corrected chi connectivity index (χ3v) is 3.70. The lowest BCUT2D eigenvalue weighted by Crippen LogP contribution is -2.21. The fourth-order valence-corrected chi connectivity index (χ4v) is 2.75. The highest BCUT2D eigenvalue weighted by Crippen LogP contribution is 2.21. The summed E-state index contributed by atoms with van der Waals surface area (Å²) in [7, 11) is 0. The maximum atomic E-state index is 3.91. The minimum absolute atomic E-state index is 0.351. The van der Waals surface area contributed by atoms with E-state index in [1.54, 1.807) is 11.3 Å². The largest absolute Gasteiger partial charge is 0.309 e. The second kappa shape index (κ2) is 5.34. The Morgan fingerprint density at radius 2 is 2.47 bits per heavy atom. The first-order valence-corrected chi connectivity index (χ1v) is 6.63. The van der Waals surface area contributed by atoms with Crippen LogP contribution in [0.4, 0.5) is 0 Å². The molecular weight excluding hydrogens is 226 g/mol. The van der Waals surface area contributed by atoms with Crippen LogP contribution in [0.15, 0.2) is 23.0 Å². The van der Waals surface area contributed by atoms with E-state index < -0.39 is 0 Å². The summed E-state index contributed by atoms with van der Waals surface area (Å²) in [4.78, 5) is 1.21. The number of hydrogen-bond donors (Lipinski definition) is 1. The van der Waals surface area contributed by atoms with Gasteiger partial charge in [-0.1, -0.05) is 11.4 Å². The molecule has 0 aliphatic heterocycles. The molecule has 15 heavy (non-hydrogen) atoms. The summed E-state index contributed by atoms with van der Waals surface area (Å²) in [5.41, 5.74) is 1.37. The molecule has 0 aliphatic rings. The zero-order chi connectivity index (χ0) is 10.5. The zero-order valence-electron chi connectivity index (χ0n) is 8.51. The Bertz CT molecular complexity index is 369. The van der Waals surface area contributed by atoms with Crippen molar-refractivity contribution >= 4 is 22.9 Å². The zero-order valence-corrected chi connectivity index (χ0v) is 10.1. The summed E-state index contributed by atoms with van der Waals surface area (Å²) in [5.74, 6) is 0. The van der Waals surface area contributed by atoms with Gasteiger partial charge in [-0.3, -0.25) is 0 Å². The van der Waals surface area contributed by atoms with Gasteiger partial charge in [-0.2, -0.15) is 11.3 Å². The van der Waals surface area contributed by atoms with Crippen LogP contribution in [0.3, 0.4) is 0 Å². The van der Waals surface area contributed by atoms with Crippen LogP contribution >= 0.6 is 22.9 Å². The van der Waals surface area contributed by atoms with E-state index in [9.17, 15) is 0 Å². The average molecular weight is 239 g/mol. The predicted molar refractivity (Wildman–Crippen MR) is 64.3 cm³/mol. The van der Waals surface area contributed by atoms with Gasteiger partial charge < -0.3 is 5.32 Å². The quantitative estimate of drug-likeness (QED) is 0.871. The Labute approximate surface area is 97.3 Å². The number of hydrogen-bond acceptors (Lipinski definition) is 5. The molecule has 2 heterocycles. The smallest absolute Gasteiger partial charge is 0.0669 e. The summed E-state index contributed by atoms with van der Waals surface area (Å²) in [6, 6.07) is 2.52. The molecule has 0 spiro atoms. The Kier molecular flexibility index (Phi) is 3.82. The van der Waals surface area contributed by atoms with Crippen LogP contribution in [-0.4, -0.2) is 16.1 Å². The Morgan fingerprint density at radius 1 is 1.53 bits per heavy atom. The molecule has 1 N–H and O–H groups in total. The number of likely N-dealkylation sites (N-methyl/N-ethyl adjacent to an activating group) is 1. The van der Waals surface area contributed by atoms with Crippen LogP contribution < -0.4 is 5.32 Å². The van der Waals surface area contributed by atoms with Crippen LogP contribution in [0.2, 0.25) is 0 Å². The molecule has 2 aromatic rings. The molecule has 0 aromatic carbocycles. The van der Waals surface area contributed by atoms with E-state index in [1.165, 1.54) is 22.0 Å². The van der Waals surface area contributed by atoms with E-state index in [1.807, 2.05) is 6.20 Å². The molecule has 1 unspecified atom stereocenters. The number of thiophene rings is 1. The lowest BCUT2D eigenvalue weighted by molar-refractivity contribution is 0.558. The second-order valence-corrected chi connectivity index (χ2v) is 4.86. The number of rotatable bonds is 5. The standard InChI is InChI=1S/C10H13N3S2/c1-2-11-9(10-6-12-13-15-10)5-8-3-4-14-7-8/h3-4,6-7,9,11H,2,5H2,1H3. The maximum Gasteiger partial charge on any atom is 0.0669 e. The summed E-state index contributed by atoms with van der Waals surface area (Å²) in [6.45, 7) is 3.09. The van der Waals surface area contributed by atoms with Crippen LogP contribution in [-0.2, 0) is 6.42 Å². The van der Waals surface area contributed by atoms with Gasteiger partial charge in [0.15, 0.2) is 0 Å². The second-order valence-electron chi connectivity index (χ2n) is 3.27. The predicted octanol–water partition coefficient (Wildman–Crippen LogP) is 2.49. The first kappa shape index (κ1) is 10.7. The lowest BCUT2D eigenvalue weighted by atomic mass is 10.1. The third-order valence-electron chi connectivity index (χ3n) is 2.19. The minimum Gasteiger partial charge on any atom is -0.309 e. The van der Waals surface area contributed by atoms with Crippen molar-refractivity contribution in [1.82, 2.24) is 14.9 Å². The molecule has 80 valence electrons. The first-order chi connectivity index (χ1) is 7.40. The van der Waals surface area contributed by atoms with Gasteiger partial charge in [0.2, 0.25) is 0 Å². The molecule has 5 heteroatoms. The highest BCUT2D eigenvalue weighted by Gasteiger charge is 2.13. The Morgan fingerprint density at radius 3 is 3.07 bits per heavy atom. The molecule has 1 atom stereocenters. The van der Waals surface area contributed by atoms with E-state index in [4.69, 9.17) is 0 Å². The third kappa shape index (κ3) is 2.84. The molecule has 0 aliphatic carbocycles. The van der Waals surface area contributed by atoms with E-state index in [-0.39, 0.29) is 0 Å². The maximum absolute atomic E-state index is 3.91. The topological polar surface area (TPSA) is 37.8 Å². The van der Waals surface area contributed by atoms with Crippen LogP contribution in [0.1, 0.15) is 23.4 Å². The monoisotopic (exact) mass is 239 g/mol. The van der Waals surface area contributed by atoms with Crippen molar-refractivity contribution in [3.8, 4) is 0 Å². The van der Waals surface area contributed by atoms with Crippen molar-refractivity contribution in [3.63, 3.8) is 0 Å². The molecule has 0 bridgehead atoms. The molecular formula is C10H13N3S2. The van der Waals surface area contributed by atoms with Crippen LogP contribution in [0.5, 0.6) is 0 Å². The average Bonchev–Trinajstić information content (AvgIpc) is 2.89. The minimum atomic E-state index is 0.351. The van der Waals surface area contributed by atoms with Gasteiger partial charge in [0, 0.05) is 6.04 Å². The van der Waals surface area contributed by atoms with Crippen LogP contribution in [0.25, 0.3) is 0 Å². The molecule has 2 aromatic heterocycles. The highest BCUT2D eigenvalue weighted by atomic mass is 32.1. The molecule has 2 rings (SSSR count). The molecule has 0 radical (unpaired) electrons. The van der Waals surface area contributed by atoms with Crippen molar-refractivity contribution in [2.45, 2.75) is 19.4 Å².